The second-order valence-electron chi connectivity index (χ2n) is 4.83. The summed E-state index contributed by atoms with van der Waals surface area (Å²) < 4.78 is 28.2. The Bertz CT molecular complexity index is 602. The van der Waals surface area contributed by atoms with E-state index in [1.165, 1.54) is 6.07 Å². The smallest absolute Gasteiger partial charge is 0.166 e. The highest BCUT2D eigenvalue weighted by Gasteiger charge is 2.12. The lowest BCUT2D eigenvalue weighted by molar-refractivity contribution is 0.0939. The molecule has 0 atom stereocenters. The van der Waals surface area contributed by atoms with Crippen LogP contribution in [-0.4, -0.2) is 10.4 Å². The lowest BCUT2D eigenvalue weighted by Gasteiger charge is -2.05. The fraction of sp³-hybridized carbons (Fsp3) is 0.267. The second-order valence-corrected chi connectivity index (χ2v) is 4.83. The van der Waals surface area contributed by atoms with Gasteiger partial charge in [0.2, 0.25) is 0 Å². The maximum atomic E-state index is 13.5. The number of Topliss-reactive ketones (excluding diaryl/α,β-unsaturated/α-hetero) is 1. The Hall–Kier alpha value is -1.97. The maximum absolute atomic E-state index is 13.5. The van der Waals surface area contributed by atoms with Crippen LogP contribution in [0.2, 0.25) is 0 Å². The van der Waals surface area contributed by atoms with Gasteiger partial charge in [0, 0.05) is 29.4 Å². The second kappa shape index (κ2) is 5.34. The van der Waals surface area contributed by atoms with Crippen LogP contribution in [-0.2, 0) is 6.54 Å². The van der Waals surface area contributed by atoms with Crippen LogP contribution < -0.4 is 0 Å². The molecule has 2 aromatic rings. The molecule has 0 bridgehead atoms. The highest BCUT2D eigenvalue weighted by Crippen LogP contribution is 2.14. The minimum absolute atomic E-state index is 0.0402. The van der Waals surface area contributed by atoms with Gasteiger partial charge in [-0.25, -0.2) is 8.78 Å². The monoisotopic (exact) mass is 263 g/mol. The average Bonchev–Trinajstić information content (AvgIpc) is 2.81. The first-order valence-corrected chi connectivity index (χ1v) is 6.11. The lowest BCUT2D eigenvalue weighted by Crippen LogP contribution is -2.06. The predicted octanol–water partition coefficient (Wildman–Crippen LogP) is 3.65. The first kappa shape index (κ1) is 13.5. The zero-order valence-electron chi connectivity index (χ0n) is 10.9. The number of carbonyl (C=O) groups excluding carboxylic acids is 1. The number of ketones is 1. The number of carbonyl (C=O) groups is 1. The molecule has 4 heteroatoms. The Morgan fingerprint density at radius 3 is 2.68 bits per heavy atom. The third-order valence-corrected chi connectivity index (χ3v) is 2.92. The van der Waals surface area contributed by atoms with E-state index in [-0.39, 0.29) is 23.8 Å². The van der Waals surface area contributed by atoms with Crippen molar-refractivity contribution in [2.45, 2.75) is 20.4 Å². The third kappa shape index (κ3) is 3.08. The van der Waals surface area contributed by atoms with Crippen LogP contribution in [0.3, 0.4) is 0 Å². The quantitative estimate of drug-likeness (QED) is 0.772. The number of aromatic nitrogens is 1. The van der Waals surface area contributed by atoms with E-state index in [0.717, 1.165) is 12.1 Å². The number of halogens is 2. The van der Waals surface area contributed by atoms with Crippen molar-refractivity contribution in [3.63, 3.8) is 0 Å². The standard InChI is InChI=1S/C15H15F2NO/c1-10(2)15(19)11-5-6-18(8-11)9-12-7-13(16)3-4-14(12)17/h3-8,10H,9H2,1-2H3. The number of hydrogen-bond donors (Lipinski definition) is 0. The summed E-state index contributed by atoms with van der Waals surface area (Å²) in [5.74, 6) is -0.964. The molecule has 2 rings (SSSR count). The van der Waals surface area contributed by atoms with E-state index in [2.05, 4.69) is 0 Å². The van der Waals surface area contributed by atoms with Gasteiger partial charge in [0.15, 0.2) is 5.78 Å². The Kier molecular flexibility index (Phi) is 3.79. The van der Waals surface area contributed by atoms with Crippen molar-refractivity contribution in [1.29, 1.82) is 0 Å². The summed E-state index contributed by atoms with van der Waals surface area (Å²) in [6, 6.07) is 5.05. The van der Waals surface area contributed by atoms with E-state index in [1.54, 1.807) is 23.0 Å². The van der Waals surface area contributed by atoms with Gasteiger partial charge in [0.25, 0.3) is 0 Å². The largest absolute Gasteiger partial charge is 0.349 e. The van der Waals surface area contributed by atoms with E-state index in [0.29, 0.717) is 5.56 Å². The fourth-order valence-electron chi connectivity index (χ4n) is 1.88. The molecule has 0 amide bonds. The molecule has 0 unspecified atom stereocenters. The van der Waals surface area contributed by atoms with Gasteiger partial charge in [0.05, 0.1) is 6.54 Å². The molecular weight excluding hydrogens is 248 g/mol. The van der Waals surface area contributed by atoms with E-state index >= 15 is 0 Å². The van der Waals surface area contributed by atoms with E-state index in [4.69, 9.17) is 0 Å². The Morgan fingerprint density at radius 1 is 1.26 bits per heavy atom. The molecule has 0 saturated heterocycles. The van der Waals surface area contributed by atoms with Crippen molar-refractivity contribution in [2.75, 3.05) is 0 Å². The molecule has 1 aromatic carbocycles. The molecule has 0 spiro atoms. The highest BCUT2D eigenvalue weighted by atomic mass is 19.1. The van der Waals surface area contributed by atoms with Gasteiger partial charge in [0.1, 0.15) is 11.6 Å². The van der Waals surface area contributed by atoms with Crippen LogP contribution in [0, 0.1) is 17.6 Å². The number of rotatable bonds is 4. The predicted molar refractivity (Wildman–Crippen MR) is 69.1 cm³/mol. The number of benzene rings is 1. The van der Waals surface area contributed by atoms with Gasteiger partial charge in [-0.1, -0.05) is 13.8 Å². The Morgan fingerprint density at radius 2 is 2.00 bits per heavy atom. The molecule has 1 aromatic heterocycles. The van der Waals surface area contributed by atoms with Gasteiger partial charge in [-0.3, -0.25) is 4.79 Å². The average molecular weight is 263 g/mol. The van der Waals surface area contributed by atoms with Crippen LogP contribution in [0.5, 0.6) is 0 Å². The van der Waals surface area contributed by atoms with Gasteiger partial charge >= 0.3 is 0 Å². The van der Waals surface area contributed by atoms with Crippen LogP contribution in [0.25, 0.3) is 0 Å². The minimum atomic E-state index is -0.470. The van der Waals surface area contributed by atoms with Crippen molar-refractivity contribution >= 4 is 5.78 Å². The van der Waals surface area contributed by atoms with Crippen molar-refractivity contribution < 1.29 is 13.6 Å². The van der Waals surface area contributed by atoms with Crippen molar-refractivity contribution in [2.24, 2.45) is 5.92 Å². The Balaban J connectivity index is 2.20. The zero-order valence-corrected chi connectivity index (χ0v) is 10.9. The van der Waals surface area contributed by atoms with Gasteiger partial charge in [-0.2, -0.15) is 0 Å². The van der Waals surface area contributed by atoms with Crippen molar-refractivity contribution in [3.8, 4) is 0 Å². The first-order valence-electron chi connectivity index (χ1n) is 6.11. The van der Waals surface area contributed by atoms with E-state index < -0.39 is 11.6 Å². The molecule has 0 aliphatic carbocycles. The summed E-state index contributed by atoms with van der Waals surface area (Å²) in [4.78, 5) is 11.8. The van der Waals surface area contributed by atoms with Gasteiger partial charge in [-0.15, -0.1) is 0 Å². The maximum Gasteiger partial charge on any atom is 0.166 e. The topological polar surface area (TPSA) is 22.0 Å². The molecule has 100 valence electrons. The summed E-state index contributed by atoms with van der Waals surface area (Å²) in [6.07, 6.45) is 3.35. The SMILES string of the molecule is CC(C)C(=O)c1ccn(Cc2cc(F)ccc2F)c1. The van der Waals surface area contributed by atoms with Crippen LogP contribution in [0.1, 0.15) is 29.8 Å². The molecule has 0 N–H and O–H groups in total. The third-order valence-electron chi connectivity index (χ3n) is 2.92. The first-order chi connectivity index (χ1) is 8.97. The molecule has 0 fully saturated rings. The van der Waals surface area contributed by atoms with Gasteiger partial charge < -0.3 is 4.57 Å². The highest BCUT2D eigenvalue weighted by molar-refractivity contribution is 5.97. The summed E-state index contributed by atoms with van der Waals surface area (Å²) in [5, 5.41) is 0. The summed E-state index contributed by atoms with van der Waals surface area (Å²) in [5.41, 5.74) is 0.853. The van der Waals surface area contributed by atoms with Crippen LogP contribution >= 0.6 is 0 Å². The van der Waals surface area contributed by atoms with Crippen molar-refractivity contribution in [1.82, 2.24) is 4.57 Å². The number of hydrogen-bond acceptors (Lipinski definition) is 1. The molecule has 2 nitrogen and oxygen atoms in total. The molecule has 0 radical (unpaired) electrons. The van der Waals surface area contributed by atoms with Gasteiger partial charge in [-0.05, 0) is 24.3 Å². The number of nitrogens with zero attached hydrogens (tertiary/aromatic N) is 1. The molecule has 1 heterocycles. The molecule has 19 heavy (non-hydrogen) atoms. The molecule has 0 aliphatic heterocycles. The fourth-order valence-corrected chi connectivity index (χ4v) is 1.88. The molecule has 0 aliphatic rings. The summed E-state index contributed by atoms with van der Waals surface area (Å²) in [7, 11) is 0. The van der Waals surface area contributed by atoms with Crippen LogP contribution in [0.15, 0.2) is 36.7 Å². The van der Waals surface area contributed by atoms with E-state index in [9.17, 15) is 13.6 Å². The normalized spacial score (nSPS) is 11.0. The lowest BCUT2D eigenvalue weighted by atomic mass is 10.0. The minimum Gasteiger partial charge on any atom is -0.349 e. The summed E-state index contributed by atoms with van der Waals surface area (Å²) in [6.45, 7) is 3.85. The van der Waals surface area contributed by atoms with Crippen LogP contribution in [0.4, 0.5) is 8.78 Å². The van der Waals surface area contributed by atoms with Crippen molar-refractivity contribution in [3.05, 3.63) is 59.4 Å². The summed E-state index contributed by atoms with van der Waals surface area (Å²) >= 11 is 0. The Labute approximate surface area is 110 Å². The molecule has 0 saturated carbocycles. The molecular formula is C15H15F2NO. The zero-order chi connectivity index (χ0) is 14.0. The van der Waals surface area contributed by atoms with E-state index in [1.807, 2.05) is 13.8 Å².